The molecule has 2 aliphatic heterocycles. The Balaban J connectivity index is 1.15. The number of rotatable bonds is 3. The monoisotopic (exact) mass is 532 g/mol. The predicted octanol–water partition coefficient (Wildman–Crippen LogP) is 5.56. The summed E-state index contributed by atoms with van der Waals surface area (Å²) in [5.41, 5.74) is 0.291. The molecule has 0 bridgehead atoms. The molecule has 1 spiro atoms. The summed E-state index contributed by atoms with van der Waals surface area (Å²) >= 11 is 6.27. The van der Waals surface area contributed by atoms with Gasteiger partial charge >= 0.3 is 6.18 Å². The number of halogens is 5. The summed E-state index contributed by atoms with van der Waals surface area (Å²) < 4.78 is 57.7. The summed E-state index contributed by atoms with van der Waals surface area (Å²) in [7, 11) is 0. The van der Waals surface area contributed by atoms with Crippen LogP contribution in [-0.2, 0) is 13.1 Å². The van der Waals surface area contributed by atoms with Gasteiger partial charge in [0.05, 0.1) is 17.9 Å². The van der Waals surface area contributed by atoms with Crippen LogP contribution in [0.3, 0.4) is 0 Å². The van der Waals surface area contributed by atoms with Crippen LogP contribution in [0.1, 0.15) is 54.5 Å². The minimum absolute atomic E-state index is 0.0834. The summed E-state index contributed by atoms with van der Waals surface area (Å²) in [5.74, 6) is 1.98. The van der Waals surface area contributed by atoms with Crippen molar-refractivity contribution >= 4 is 17.4 Å². The number of aromatic nitrogens is 4. The van der Waals surface area contributed by atoms with Gasteiger partial charge in [0.25, 0.3) is 0 Å². The van der Waals surface area contributed by atoms with Gasteiger partial charge in [-0.1, -0.05) is 11.6 Å². The predicted molar refractivity (Wildman–Crippen MR) is 129 cm³/mol. The van der Waals surface area contributed by atoms with Crippen LogP contribution in [0.25, 0.3) is 5.69 Å². The summed E-state index contributed by atoms with van der Waals surface area (Å²) in [6, 6.07) is 8.57. The smallest absolute Gasteiger partial charge is 0.355 e. The van der Waals surface area contributed by atoms with Crippen LogP contribution in [-0.4, -0.2) is 49.5 Å². The van der Waals surface area contributed by atoms with E-state index in [-0.39, 0.29) is 43.1 Å². The third-order valence-corrected chi connectivity index (χ3v) is 8.93. The number of hydrogen-bond donors (Lipinski definition) is 0. The fourth-order valence-electron chi connectivity index (χ4n) is 6.55. The van der Waals surface area contributed by atoms with E-state index < -0.39 is 11.7 Å². The first-order chi connectivity index (χ1) is 17.6. The number of alkyl halides is 3. The molecule has 0 unspecified atom stereocenters. The molecule has 11 heteroatoms. The molecule has 6 nitrogen and oxygen atoms in total. The number of anilines is 1. The van der Waals surface area contributed by atoms with E-state index in [0.717, 1.165) is 48.8 Å². The van der Waals surface area contributed by atoms with Crippen LogP contribution in [0.4, 0.5) is 23.4 Å². The zero-order chi connectivity index (χ0) is 25.7. The standard InChI is InChI=1S/C26H25ClF4N6/c1-15-19(28)3-5-21(32-15)35-13-24(14-35)9-17(10-24)23-34-33-22-12-36(25(6-7-25)26(29,30)31)11-16-8-18(27)2-4-20(16)37(22)23/h2-5,8,17H,6-7,9-14H2,1H3. The third kappa shape index (κ3) is 3.51. The van der Waals surface area contributed by atoms with Crippen molar-refractivity contribution < 1.29 is 17.6 Å². The van der Waals surface area contributed by atoms with E-state index in [1.807, 2.05) is 10.6 Å². The molecule has 0 amide bonds. The molecule has 37 heavy (non-hydrogen) atoms. The van der Waals surface area contributed by atoms with Gasteiger partial charge in [-0.25, -0.2) is 9.37 Å². The Labute approximate surface area is 216 Å². The van der Waals surface area contributed by atoms with Gasteiger partial charge in [-0.2, -0.15) is 13.2 Å². The Bertz CT molecular complexity index is 1400. The lowest BCUT2D eigenvalue weighted by Crippen LogP contribution is -2.62. The van der Waals surface area contributed by atoms with E-state index in [1.165, 1.54) is 11.0 Å². The van der Waals surface area contributed by atoms with E-state index >= 15 is 0 Å². The highest BCUT2D eigenvalue weighted by Gasteiger charge is 2.67. The van der Waals surface area contributed by atoms with Crippen molar-refractivity contribution in [1.82, 2.24) is 24.6 Å². The third-order valence-electron chi connectivity index (χ3n) is 8.69. The van der Waals surface area contributed by atoms with E-state index in [2.05, 4.69) is 20.1 Å². The number of benzene rings is 1. The molecular weight excluding hydrogens is 508 g/mol. The minimum Gasteiger partial charge on any atom is -0.355 e. The lowest BCUT2D eigenvalue weighted by atomic mass is 9.57. The Morgan fingerprint density at radius 3 is 2.46 bits per heavy atom. The molecule has 0 radical (unpaired) electrons. The topological polar surface area (TPSA) is 50.1 Å². The zero-order valence-electron chi connectivity index (χ0n) is 20.2. The van der Waals surface area contributed by atoms with Gasteiger partial charge in [-0.3, -0.25) is 9.47 Å². The van der Waals surface area contributed by atoms with Gasteiger partial charge in [-0.05, 0) is 68.5 Å². The number of hydrogen-bond acceptors (Lipinski definition) is 5. The SMILES string of the molecule is Cc1nc(N2CC3(CC(c4nnc5n4-c4ccc(Cl)cc4CN(C4(C(F)(F)F)CC4)C5)C3)C2)ccc1F. The van der Waals surface area contributed by atoms with E-state index in [0.29, 0.717) is 16.5 Å². The van der Waals surface area contributed by atoms with Crippen molar-refractivity contribution in [2.24, 2.45) is 5.41 Å². The summed E-state index contributed by atoms with van der Waals surface area (Å²) in [6.45, 7) is 3.59. The molecule has 0 atom stereocenters. The highest BCUT2D eigenvalue weighted by Crippen LogP contribution is 2.58. The Kier molecular flexibility index (Phi) is 4.85. The first-order valence-electron chi connectivity index (χ1n) is 12.5. The molecule has 3 fully saturated rings. The molecule has 0 N–H and O–H groups in total. The van der Waals surface area contributed by atoms with Crippen LogP contribution >= 0.6 is 11.6 Å². The molecule has 3 aromatic rings. The molecule has 1 aromatic carbocycles. The molecule has 2 aliphatic carbocycles. The van der Waals surface area contributed by atoms with E-state index in [1.54, 1.807) is 25.1 Å². The van der Waals surface area contributed by atoms with E-state index in [9.17, 15) is 17.6 Å². The molecule has 4 heterocycles. The molecule has 2 saturated carbocycles. The molecule has 2 aromatic heterocycles. The summed E-state index contributed by atoms with van der Waals surface area (Å²) in [4.78, 5) is 8.03. The molecule has 7 rings (SSSR count). The van der Waals surface area contributed by atoms with Gasteiger partial charge in [0.2, 0.25) is 0 Å². The van der Waals surface area contributed by atoms with Crippen molar-refractivity contribution in [3.8, 4) is 5.69 Å². The molecular formula is C26H25ClF4N6. The first-order valence-corrected chi connectivity index (χ1v) is 12.9. The van der Waals surface area contributed by atoms with Crippen molar-refractivity contribution in [2.45, 2.75) is 63.3 Å². The molecule has 194 valence electrons. The minimum atomic E-state index is -4.31. The van der Waals surface area contributed by atoms with Crippen molar-refractivity contribution in [2.75, 3.05) is 18.0 Å². The lowest BCUT2D eigenvalue weighted by molar-refractivity contribution is -0.200. The first kappa shape index (κ1) is 23.4. The second-order valence-electron chi connectivity index (χ2n) is 11.2. The normalized spacial score (nSPS) is 22.2. The van der Waals surface area contributed by atoms with Crippen molar-refractivity contribution in [3.05, 3.63) is 64.1 Å². The average Bonchev–Trinajstić information content (AvgIpc) is 3.54. The quantitative estimate of drug-likeness (QED) is 0.414. The number of fused-ring (bicyclic) bond motifs is 3. The van der Waals surface area contributed by atoms with Crippen LogP contribution in [0, 0.1) is 18.2 Å². The fraction of sp³-hybridized carbons (Fsp3) is 0.500. The van der Waals surface area contributed by atoms with Gasteiger partial charge in [0.15, 0.2) is 5.82 Å². The Hall–Kier alpha value is -2.72. The maximum Gasteiger partial charge on any atom is 0.406 e. The van der Waals surface area contributed by atoms with Crippen molar-refractivity contribution in [1.29, 1.82) is 0 Å². The Morgan fingerprint density at radius 1 is 1.03 bits per heavy atom. The van der Waals surface area contributed by atoms with E-state index in [4.69, 9.17) is 11.6 Å². The summed E-state index contributed by atoms with van der Waals surface area (Å²) in [6.07, 6.45) is -2.28. The second-order valence-corrected chi connectivity index (χ2v) is 11.6. The zero-order valence-corrected chi connectivity index (χ0v) is 20.9. The molecule has 1 saturated heterocycles. The van der Waals surface area contributed by atoms with Crippen LogP contribution in [0.2, 0.25) is 5.02 Å². The lowest BCUT2D eigenvalue weighted by Gasteiger charge is -2.59. The number of aryl methyl sites for hydroxylation is 1. The van der Waals surface area contributed by atoms with Crippen LogP contribution < -0.4 is 4.90 Å². The number of pyridine rings is 1. The van der Waals surface area contributed by atoms with Gasteiger partial charge in [0, 0.05) is 36.0 Å². The second kappa shape index (κ2) is 7.66. The van der Waals surface area contributed by atoms with Gasteiger partial charge in [-0.15, -0.1) is 10.2 Å². The van der Waals surface area contributed by atoms with Crippen molar-refractivity contribution in [3.63, 3.8) is 0 Å². The fourth-order valence-corrected chi connectivity index (χ4v) is 6.74. The molecule has 4 aliphatic rings. The van der Waals surface area contributed by atoms with Gasteiger partial charge in [0.1, 0.15) is 23.0 Å². The number of nitrogens with zero attached hydrogens (tertiary/aromatic N) is 6. The highest BCUT2D eigenvalue weighted by atomic mass is 35.5. The maximum absolute atomic E-state index is 14.0. The Morgan fingerprint density at radius 2 is 1.78 bits per heavy atom. The van der Waals surface area contributed by atoms with Crippen LogP contribution in [0.5, 0.6) is 0 Å². The van der Waals surface area contributed by atoms with Crippen LogP contribution in [0.15, 0.2) is 30.3 Å². The van der Waals surface area contributed by atoms with Gasteiger partial charge < -0.3 is 4.90 Å². The largest absolute Gasteiger partial charge is 0.406 e. The summed E-state index contributed by atoms with van der Waals surface area (Å²) in [5, 5.41) is 9.41. The highest BCUT2D eigenvalue weighted by molar-refractivity contribution is 6.30. The average molecular weight is 533 g/mol. The maximum atomic E-state index is 14.0.